The number of carbonyl (C=O) groups is 1. The molecule has 3 aromatic heterocycles. The van der Waals surface area contributed by atoms with Crippen molar-refractivity contribution in [2.24, 2.45) is 0 Å². The zero-order valence-electron chi connectivity index (χ0n) is 19.1. The Labute approximate surface area is 199 Å². The number of carbonyl (C=O) groups excluding carboxylic acids is 1. The molecule has 1 aliphatic rings. The average molecular weight is 468 g/mol. The van der Waals surface area contributed by atoms with E-state index in [0.29, 0.717) is 46.0 Å². The molecule has 0 fully saturated rings. The van der Waals surface area contributed by atoms with Crippen LogP contribution in [0.5, 0.6) is 0 Å². The van der Waals surface area contributed by atoms with Crippen LogP contribution in [-0.4, -0.2) is 37.5 Å². The van der Waals surface area contributed by atoms with Gasteiger partial charge in [0.05, 0.1) is 11.4 Å². The highest BCUT2D eigenvalue weighted by atomic mass is 19.1. The van der Waals surface area contributed by atoms with Crippen LogP contribution in [0.25, 0.3) is 33.4 Å². The van der Waals surface area contributed by atoms with Crippen molar-refractivity contribution in [1.82, 2.24) is 24.6 Å². The standard InChI is InChI=1S/C26H21FN6O2/c1-14(22-10-21(31-35-22)17-5-3-4-6-20(17)27)33-12-19(23-24(28)29-13-30-25(23)33)15-7-8-16-11-32(2)26(34)18(16)9-15/h3-10,12-14H,11H2,1-2H3,(H2,28,29,30). The van der Waals surface area contributed by atoms with Gasteiger partial charge in [0.15, 0.2) is 5.76 Å². The molecule has 0 bridgehead atoms. The molecule has 8 nitrogen and oxygen atoms in total. The molecule has 35 heavy (non-hydrogen) atoms. The lowest BCUT2D eigenvalue weighted by molar-refractivity contribution is 0.0816. The van der Waals surface area contributed by atoms with Crippen molar-refractivity contribution in [3.63, 3.8) is 0 Å². The van der Waals surface area contributed by atoms with Crippen LogP contribution in [0, 0.1) is 5.82 Å². The predicted molar refractivity (Wildman–Crippen MR) is 129 cm³/mol. The summed E-state index contributed by atoms with van der Waals surface area (Å²) in [6.45, 7) is 2.53. The number of anilines is 1. The van der Waals surface area contributed by atoms with Crippen LogP contribution in [0.2, 0.25) is 0 Å². The lowest BCUT2D eigenvalue weighted by atomic mass is 10.0. The Morgan fingerprint density at radius 1 is 1.09 bits per heavy atom. The number of hydrogen-bond donors (Lipinski definition) is 1. The zero-order chi connectivity index (χ0) is 24.3. The van der Waals surface area contributed by atoms with Gasteiger partial charge in [0.1, 0.15) is 29.3 Å². The molecule has 174 valence electrons. The Hall–Kier alpha value is -4.53. The van der Waals surface area contributed by atoms with Gasteiger partial charge in [-0.15, -0.1) is 0 Å². The second-order valence-corrected chi connectivity index (χ2v) is 8.71. The Morgan fingerprint density at radius 2 is 1.91 bits per heavy atom. The van der Waals surface area contributed by atoms with Gasteiger partial charge in [-0.3, -0.25) is 4.79 Å². The Kier molecular flexibility index (Phi) is 4.67. The Bertz CT molecular complexity index is 1620. The first-order valence-electron chi connectivity index (χ1n) is 11.1. The Morgan fingerprint density at radius 3 is 2.74 bits per heavy atom. The van der Waals surface area contributed by atoms with Crippen molar-refractivity contribution in [3.05, 3.63) is 83.8 Å². The highest BCUT2D eigenvalue weighted by Crippen LogP contribution is 2.38. The van der Waals surface area contributed by atoms with Crippen molar-refractivity contribution in [2.45, 2.75) is 19.5 Å². The third-order valence-corrected chi connectivity index (χ3v) is 6.55. The largest absolute Gasteiger partial charge is 0.383 e. The molecule has 0 spiro atoms. The third-order valence-electron chi connectivity index (χ3n) is 6.55. The van der Waals surface area contributed by atoms with E-state index in [1.807, 2.05) is 35.9 Å². The van der Waals surface area contributed by atoms with Gasteiger partial charge in [-0.2, -0.15) is 0 Å². The minimum Gasteiger partial charge on any atom is -0.383 e. The molecule has 6 rings (SSSR count). The number of nitrogens with two attached hydrogens (primary N) is 1. The first-order chi connectivity index (χ1) is 16.9. The fourth-order valence-electron chi connectivity index (χ4n) is 4.66. The van der Waals surface area contributed by atoms with Crippen LogP contribution < -0.4 is 5.73 Å². The molecule has 0 saturated carbocycles. The van der Waals surface area contributed by atoms with E-state index in [2.05, 4.69) is 15.1 Å². The van der Waals surface area contributed by atoms with Gasteiger partial charge in [-0.05, 0) is 36.2 Å². The summed E-state index contributed by atoms with van der Waals surface area (Å²) < 4.78 is 21.8. The number of fused-ring (bicyclic) bond motifs is 2. The molecule has 1 unspecified atom stereocenters. The minimum absolute atomic E-state index is 0.00879. The maximum absolute atomic E-state index is 14.3. The second-order valence-electron chi connectivity index (χ2n) is 8.71. The molecule has 9 heteroatoms. The number of aromatic nitrogens is 4. The van der Waals surface area contributed by atoms with Crippen LogP contribution in [0.15, 0.2) is 65.6 Å². The molecular formula is C26H21FN6O2. The summed E-state index contributed by atoms with van der Waals surface area (Å²) in [7, 11) is 1.79. The lowest BCUT2D eigenvalue weighted by Gasteiger charge is -2.11. The molecule has 5 aromatic rings. The maximum Gasteiger partial charge on any atom is 0.254 e. The van der Waals surface area contributed by atoms with E-state index in [1.165, 1.54) is 12.4 Å². The number of amides is 1. The first kappa shape index (κ1) is 21.0. The fraction of sp³-hybridized carbons (Fsp3) is 0.154. The molecule has 1 atom stereocenters. The monoisotopic (exact) mass is 468 g/mol. The quantitative estimate of drug-likeness (QED) is 0.411. The van der Waals surface area contributed by atoms with Crippen LogP contribution >= 0.6 is 0 Å². The lowest BCUT2D eigenvalue weighted by Crippen LogP contribution is -2.17. The number of rotatable bonds is 4. The van der Waals surface area contributed by atoms with Gasteiger partial charge in [-0.25, -0.2) is 14.4 Å². The van der Waals surface area contributed by atoms with E-state index < -0.39 is 0 Å². The fourth-order valence-corrected chi connectivity index (χ4v) is 4.66. The zero-order valence-corrected chi connectivity index (χ0v) is 19.1. The molecule has 4 heterocycles. The molecule has 0 radical (unpaired) electrons. The second kappa shape index (κ2) is 7.76. The van der Waals surface area contributed by atoms with E-state index in [4.69, 9.17) is 10.3 Å². The number of hydrogen-bond acceptors (Lipinski definition) is 6. The smallest absolute Gasteiger partial charge is 0.254 e. The molecule has 0 aliphatic carbocycles. The average Bonchev–Trinajstić information content (AvgIpc) is 3.56. The van der Waals surface area contributed by atoms with Crippen molar-refractivity contribution in [2.75, 3.05) is 12.8 Å². The summed E-state index contributed by atoms with van der Waals surface area (Å²) in [6, 6.07) is 13.7. The summed E-state index contributed by atoms with van der Waals surface area (Å²) in [5.41, 5.74) is 11.0. The molecular weight excluding hydrogens is 447 g/mol. The number of nitrogen functional groups attached to an aromatic ring is 1. The van der Waals surface area contributed by atoms with E-state index in [-0.39, 0.29) is 17.8 Å². The maximum atomic E-state index is 14.3. The van der Waals surface area contributed by atoms with E-state index in [0.717, 1.165) is 16.7 Å². The van der Waals surface area contributed by atoms with Gasteiger partial charge < -0.3 is 19.7 Å². The molecule has 0 saturated heterocycles. The van der Waals surface area contributed by atoms with Crippen molar-refractivity contribution >= 4 is 22.8 Å². The molecule has 1 amide bonds. The van der Waals surface area contributed by atoms with Crippen molar-refractivity contribution in [1.29, 1.82) is 0 Å². The van der Waals surface area contributed by atoms with Gasteiger partial charge in [0, 0.05) is 42.5 Å². The van der Waals surface area contributed by atoms with Gasteiger partial charge in [-0.1, -0.05) is 29.4 Å². The Balaban J connectivity index is 1.46. The summed E-state index contributed by atoms with van der Waals surface area (Å²) >= 11 is 0. The van der Waals surface area contributed by atoms with Gasteiger partial charge >= 0.3 is 0 Å². The summed E-state index contributed by atoms with van der Waals surface area (Å²) in [6.07, 6.45) is 3.34. The van der Waals surface area contributed by atoms with E-state index in [1.54, 1.807) is 36.2 Å². The molecule has 2 N–H and O–H groups in total. The van der Waals surface area contributed by atoms with Crippen molar-refractivity contribution in [3.8, 4) is 22.4 Å². The molecule has 1 aliphatic heterocycles. The minimum atomic E-state index is -0.369. The van der Waals surface area contributed by atoms with Gasteiger partial charge in [0.2, 0.25) is 0 Å². The van der Waals surface area contributed by atoms with Gasteiger partial charge in [0.25, 0.3) is 5.91 Å². The van der Waals surface area contributed by atoms with E-state index in [9.17, 15) is 9.18 Å². The summed E-state index contributed by atoms with van der Waals surface area (Å²) in [5.74, 6) is 0.496. The first-order valence-corrected chi connectivity index (χ1v) is 11.1. The SMILES string of the molecule is CC(c1cc(-c2ccccc2F)no1)n1cc(-c2ccc3c(c2)C(=O)N(C)C3)c2c(N)ncnc21. The van der Waals surface area contributed by atoms with Crippen LogP contribution in [0.4, 0.5) is 10.2 Å². The predicted octanol–water partition coefficient (Wildman–Crippen LogP) is 4.67. The van der Waals surface area contributed by atoms with Crippen LogP contribution in [0.1, 0.15) is 34.6 Å². The highest BCUT2D eigenvalue weighted by Gasteiger charge is 2.27. The van der Waals surface area contributed by atoms with Crippen molar-refractivity contribution < 1.29 is 13.7 Å². The van der Waals surface area contributed by atoms with Crippen LogP contribution in [-0.2, 0) is 6.54 Å². The van der Waals surface area contributed by atoms with Crippen LogP contribution in [0.3, 0.4) is 0 Å². The normalized spacial score (nSPS) is 14.0. The number of halogens is 1. The van der Waals surface area contributed by atoms with E-state index >= 15 is 0 Å². The summed E-state index contributed by atoms with van der Waals surface area (Å²) in [5, 5.41) is 4.77. The number of benzene rings is 2. The molecule has 2 aromatic carbocycles. The third kappa shape index (κ3) is 3.27. The highest BCUT2D eigenvalue weighted by molar-refractivity contribution is 6.03. The topological polar surface area (TPSA) is 103 Å². The summed E-state index contributed by atoms with van der Waals surface area (Å²) in [4.78, 5) is 22.9. The number of nitrogens with zero attached hydrogens (tertiary/aromatic N) is 5.